The van der Waals surface area contributed by atoms with Gasteiger partial charge in [0.05, 0.1) is 10.7 Å². The second-order valence-electron chi connectivity index (χ2n) is 7.07. The molecule has 0 unspecified atom stereocenters. The van der Waals surface area contributed by atoms with E-state index in [0.717, 1.165) is 10.7 Å². The van der Waals surface area contributed by atoms with Crippen LogP contribution in [0.15, 0.2) is 60.0 Å². The van der Waals surface area contributed by atoms with Crippen LogP contribution in [0, 0.1) is 6.92 Å². The van der Waals surface area contributed by atoms with E-state index in [2.05, 4.69) is 17.1 Å². The molecule has 4 rings (SSSR count). The summed E-state index contributed by atoms with van der Waals surface area (Å²) < 4.78 is 5.82. The van der Waals surface area contributed by atoms with Gasteiger partial charge in [0.1, 0.15) is 12.4 Å². The number of carbonyl (C=O) groups is 1. The number of thiazole rings is 1. The van der Waals surface area contributed by atoms with Crippen molar-refractivity contribution in [2.45, 2.75) is 25.5 Å². The van der Waals surface area contributed by atoms with Gasteiger partial charge in [0, 0.05) is 36.0 Å². The first-order valence-electron chi connectivity index (χ1n) is 9.34. The highest BCUT2D eigenvalue weighted by molar-refractivity contribution is 7.09. The summed E-state index contributed by atoms with van der Waals surface area (Å²) in [5.74, 6) is 0.820. The van der Waals surface area contributed by atoms with Gasteiger partial charge in [-0.1, -0.05) is 36.4 Å². The highest BCUT2D eigenvalue weighted by Crippen LogP contribution is 2.28. The fourth-order valence-electron chi connectivity index (χ4n) is 3.58. The number of benzene rings is 2. The lowest BCUT2D eigenvalue weighted by atomic mass is 9.95. The minimum absolute atomic E-state index is 0.0103. The summed E-state index contributed by atoms with van der Waals surface area (Å²) in [6.45, 7) is 3.55. The number of aromatic nitrogens is 1. The van der Waals surface area contributed by atoms with Crippen molar-refractivity contribution in [2.75, 3.05) is 13.1 Å². The molecule has 1 aromatic heterocycles. The molecule has 1 amide bonds. The van der Waals surface area contributed by atoms with Crippen molar-refractivity contribution in [3.05, 3.63) is 81.8 Å². The second-order valence-corrected chi connectivity index (χ2v) is 8.13. The van der Waals surface area contributed by atoms with Crippen molar-refractivity contribution >= 4 is 17.2 Å². The lowest BCUT2D eigenvalue weighted by Gasteiger charge is -2.17. The fourth-order valence-corrected chi connectivity index (χ4v) is 4.18. The monoisotopic (exact) mass is 393 g/mol. The zero-order chi connectivity index (χ0) is 19.5. The van der Waals surface area contributed by atoms with Crippen LogP contribution < -0.4 is 10.5 Å². The number of likely N-dealkylation sites (tertiary alicyclic amines) is 1. The first kappa shape index (κ1) is 18.7. The van der Waals surface area contributed by atoms with Crippen LogP contribution in [0.2, 0.25) is 0 Å². The number of aryl methyl sites for hydroxylation is 1. The topological polar surface area (TPSA) is 68.5 Å². The zero-order valence-electron chi connectivity index (χ0n) is 15.7. The van der Waals surface area contributed by atoms with Gasteiger partial charge in [-0.25, -0.2) is 4.98 Å². The van der Waals surface area contributed by atoms with E-state index in [0.29, 0.717) is 31.0 Å². The van der Waals surface area contributed by atoms with Crippen LogP contribution in [0.1, 0.15) is 32.5 Å². The third-order valence-electron chi connectivity index (χ3n) is 5.01. The SMILES string of the molecule is Cc1nc(COc2cccc(C(=O)N3C[C@@H](N)[C@H](c4ccccc4)C3)c2)cs1. The Bertz CT molecular complexity index is 957. The van der Waals surface area contributed by atoms with Crippen molar-refractivity contribution in [1.29, 1.82) is 0 Å². The summed E-state index contributed by atoms with van der Waals surface area (Å²) in [6, 6.07) is 17.4. The van der Waals surface area contributed by atoms with E-state index in [-0.39, 0.29) is 17.9 Å². The molecule has 28 heavy (non-hydrogen) atoms. The second kappa shape index (κ2) is 8.12. The normalized spacial score (nSPS) is 19.0. The third kappa shape index (κ3) is 4.08. The van der Waals surface area contributed by atoms with Crippen molar-refractivity contribution < 1.29 is 9.53 Å². The Hall–Kier alpha value is -2.70. The van der Waals surface area contributed by atoms with Crippen LogP contribution in [0.25, 0.3) is 0 Å². The van der Waals surface area contributed by atoms with E-state index < -0.39 is 0 Å². The van der Waals surface area contributed by atoms with Gasteiger partial charge in [0.25, 0.3) is 5.91 Å². The number of carbonyl (C=O) groups excluding carboxylic acids is 1. The Labute approximate surface area is 168 Å². The Kier molecular flexibility index (Phi) is 5.41. The van der Waals surface area contributed by atoms with E-state index in [1.54, 1.807) is 17.4 Å². The maximum atomic E-state index is 13.0. The largest absolute Gasteiger partial charge is 0.487 e. The zero-order valence-corrected chi connectivity index (χ0v) is 16.6. The van der Waals surface area contributed by atoms with E-state index in [1.807, 2.05) is 53.6 Å². The molecule has 2 atom stereocenters. The van der Waals surface area contributed by atoms with E-state index in [9.17, 15) is 4.79 Å². The number of hydrogen-bond acceptors (Lipinski definition) is 5. The molecule has 2 aromatic carbocycles. The van der Waals surface area contributed by atoms with Gasteiger partial charge in [-0.3, -0.25) is 4.79 Å². The van der Waals surface area contributed by atoms with E-state index >= 15 is 0 Å². The molecular formula is C22H23N3O2S. The number of ether oxygens (including phenoxy) is 1. The van der Waals surface area contributed by atoms with Crippen LogP contribution >= 0.6 is 11.3 Å². The standard InChI is InChI=1S/C22H23N3O2S/c1-15-24-18(14-28-15)13-27-19-9-5-8-17(10-19)22(26)25-11-20(21(23)12-25)16-6-3-2-4-7-16/h2-10,14,20-21H,11-13,23H2,1H3/t20-,21+/m0/s1. The minimum atomic E-state index is -0.0568. The summed E-state index contributed by atoms with van der Waals surface area (Å²) in [4.78, 5) is 19.2. The average molecular weight is 394 g/mol. The number of nitrogens with two attached hydrogens (primary N) is 1. The summed E-state index contributed by atoms with van der Waals surface area (Å²) >= 11 is 1.60. The Balaban J connectivity index is 1.43. The molecule has 0 aliphatic carbocycles. The van der Waals surface area contributed by atoms with E-state index in [4.69, 9.17) is 10.5 Å². The number of hydrogen-bond donors (Lipinski definition) is 1. The smallest absolute Gasteiger partial charge is 0.254 e. The van der Waals surface area contributed by atoms with Crippen LogP contribution in [-0.4, -0.2) is 34.9 Å². The highest BCUT2D eigenvalue weighted by Gasteiger charge is 2.34. The van der Waals surface area contributed by atoms with Gasteiger partial charge < -0.3 is 15.4 Å². The Morgan fingerprint density at radius 2 is 2.04 bits per heavy atom. The first-order valence-corrected chi connectivity index (χ1v) is 10.2. The fraction of sp³-hybridized carbons (Fsp3) is 0.273. The van der Waals surface area contributed by atoms with Gasteiger partial charge in [-0.15, -0.1) is 11.3 Å². The molecule has 0 radical (unpaired) electrons. The maximum Gasteiger partial charge on any atom is 0.254 e. The van der Waals surface area contributed by atoms with Gasteiger partial charge in [0.15, 0.2) is 0 Å². The third-order valence-corrected chi connectivity index (χ3v) is 5.84. The van der Waals surface area contributed by atoms with E-state index in [1.165, 1.54) is 5.56 Å². The molecular weight excluding hydrogens is 370 g/mol. The van der Waals surface area contributed by atoms with Crippen LogP contribution in [0.5, 0.6) is 5.75 Å². The molecule has 1 aliphatic heterocycles. The summed E-state index contributed by atoms with van der Waals surface area (Å²) in [5, 5.41) is 3.00. The molecule has 2 heterocycles. The first-order chi connectivity index (χ1) is 13.6. The summed E-state index contributed by atoms with van der Waals surface area (Å²) in [7, 11) is 0. The maximum absolute atomic E-state index is 13.0. The molecule has 3 aromatic rings. The molecule has 1 fully saturated rings. The minimum Gasteiger partial charge on any atom is -0.487 e. The Morgan fingerprint density at radius 1 is 1.21 bits per heavy atom. The summed E-state index contributed by atoms with van der Waals surface area (Å²) in [6.07, 6.45) is 0. The molecule has 1 saturated heterocycles. The molecule has 1 aliphatic rings. The van der Waals surface area contributed by atoms with Crippen LogP contribution in [0.3, 0.4) is 0 Å². The van der Waals surface area contributed by atoms with Gasteiger partial charge in [0.2, 0.25) is 0 Å². The van der Waals surface area contributed by atoms with Crippen molar-refractivity contribution in [2.24, 2.45) is 5.73 Å². The Morgan fingerprint density at radius 3 is 2.79 bits per heavy atom. The number of amides is 1. The quantitative estimate of drug-likeness (QED) is 0.719. The van der Waals surface area contributed by atoms with Crippen molar-refractivity contribution in [3.8, 4) is 5.75 Å². The molecule has 144 valence electrons. The molecule has 2 N–H and O–H groups in total. The van der Waals surface area contributed by atoms with Crippen LogP contribution in [0.4, 0.5) is 0 Å². The van der Waals surface area contributed by atoms with Crippen LogP contribution in [-0.2, 0) is 6.61 Å². The lowest BCUT2D eigenvalue weighted by molar-refractivity contribution is 0.0788. The van der Waals surface area contributed by atoms with Gasteiger partial charge in [-0.05, 0) is 30.7 Å². The predicted molar refractivity (Wildman–Crippen MR) is 111 cm³/mol. The van der Waals surface area contributed by atoms with Crippen molar-refractivity contribution in [3.63, 3.8) is 0 Å². The lowest BCUT2D eigenvalue weighted by Crippen LogP contribution is -2.32. The average Bonchev–Trinajstić information content (AvgIpc) is 3.32. The molecule has 0 bridgehead atoms. The number of rotatable bonds is 5. The molecule has 0 saturated carbocycles. The van der Waals surface area contributed by atoms with Crippen molar-refractivity contribution in [1.82, 2.24) is 9.88 Å². The van der Waals surface area contributed by atoms with Gasteiger partial charge in [-0.2, -0.15) is 0 Å². The predicted octanol–water partition coefficient (Wildman–Crippen LogP) is 3.60. The van der Waals surface area contributed by atoms with Gasteiger partial charge >= 0.3 is 0 Å². The number of nitrogens with zero attached hydrogens (tertiary/aromatic N) is 2. The summed E-state index contributed by atoms with van der Waals surface area (Å²) in [5.41, 5.74) is 9.04. The highest BCUT2D eigenvalue weighted by atomic mass is 32.1. The molecule has 0 spiro atoms. The molecule has 6 heteroatoms. The molecule has 5 nitrogen and oxygen atoms in total.